The van der Waals surface area contributed by atoms with Crippen LogP contribution >= 0.6 is 0 Å². The van der Waals surface area contributed by atoms with E-state index in [0.717, 1.165) is 37.0 Å². The molecule has 8 nitrogen and oxygen atoms in total. The van der Waals surface area contributed by atoms with E-state index in [1.54, 1.807) is 25.3 Å². The van der Waals surface area contributed by atoms with E-state index in [1.807, 2.05) is 23.0 Å². The van der Waals surface area contributed by atoms with E-state index in [4.69, 9.17) is 15.2 Å². The van der Waals surface area contributed by atoms with E-state index < -0.39 is 0 Å². The summed E-state index contributed by atoms with van der Waals surface area (Å²) in [6.07, 6.45) is 3.88. The quantitative estimate of drug-likeness (QED) is 0.734. The molecule has 3 aromatic rings. The maximum atomic E-state index is 12.5. The number of nitrogens with one attached hydrogen (secondary N) is 1. The van der Waals surface area contributed by atoms with Crippen molar-refractivity contribution >= 4 is 28.3 Å². The number of fused-ring (bicyclic) bond motifs is 1. The van der Waals surface area contributed by atoms with E-state index in [2.05, 4.69) is 15.4 Å². The molecule has 1 saturated heterocycles. The first-order valence-electron chi connectivity index (χ1n) is 8.82. The fraction of sp³-hybridized carbons (Fsp3) is 0.316. The molecule has 0 atom stereocenters. The molecule has 2 aromatic heterocycles. The zero-order valence-electron chi connectivity index (χ0n) is 15.0. The number of nitrogens with two attached hydrogens (primary N) is 1. The molecule has 3 N–H and O–H groups in total. The van der Waals surface area contributed by atoms with Crippen LogP contribution in [0.3, 0.4) is 0 Å². The number of carbonyl (C=O) groups excluding carboxylic acids is 1. The lowest BCUT2D eigenvalue weighted by Gasteiger charge is -2.22. The number of carbonyl (C=O) groups is 1. The summed E-state index contributed by atoms with van der Waals surface area (Å²) in [6.45, 7) is 1.50. The first-order valence-corrected chi connectivity index (χ1v) is 8.82. The van der Waals surface area contributed by atoms with E-state index in [9.17, 15) is 4.79 Å². The molecular weight excluding hydrogens is 346 g/mol. The molecule has 0 bridgehead atoms. The van der Waals surface area contributed by atoms with E-state index >= 15 is 0 Å². The number of rotatable bonds is 4. The van der Waals surface area contributed by atoms with Crippen LogP contribution in [-0.2, 0) is 4.74 Å². The normalized spacial score (nSPS) is 15.0. The van der Waals surface area contributed by atoms with Crippen molar-refractivity contribution in [1.82, 2.24) is 14.8 Å². The van der Waals surface area contributed by atoms with Gasteiger partial charge in [0.1, 0.15) is 17.3 Å². The summed E-state index contributed by atoms with van der Waals surface area (Å²) in [5.41, 5.74) is 7.28. The van der Waals surface area contributed by atoms with Crippen LogP contribution in [0.4, 0.5) is 11.5 Å². The Balaban J connectivity index is 1.64. The lowest BCUT2D eigenvalue weighted by Crippen LogP contribution is -2.19. The van der Waals surface area contributed by atoms with Crippen molar-refractivity contribution in [3.05, 3.63) is 42.2 Å². The third kappa shape index (κ3) is 3.56. The molecule has 1 aliphatic heterocycles. The van der Waals surface area contributed by atoms with Crippen LogP contribution in [0.15, 0.2) is 36.5 Å². The van der Waals surface area contributed by atoms with Crippen molar-refractivity contribution in [2.24, 2.45) is 0 Å². The minimum atomic E-state index is -0.350. The predicted molar refractivity (Wildman–Crippen MR) is 102 cm³/mol. The van der Waals surface area contributed by atoms with E-state index in [-0.39, 0.29) is 11.6 Å². The predicted octanol–water partition coefficient (Wildman–Crippen LogP) is 2.63. The largest absolute Gasteiger partial charge is 0.494 e. The zero-order chi connectivity index (χ0) is 18.8. The Morgan fingerprint density at radius 3 is 2.89 bits per heavy atom. The minimum Gasteiger partial charge on any atom is -0.494 e. The number of pyridine rings is 1. The van der Waals surface area contributed by atoms with Gasteiger partial charge >= 0.3 is 0 Å². The summed E-state index contributed by atoms with van der Waals surface area (Å²) < 4.78 is 12.8. The van der Waals surface area contributed by atoms with Gasteiger partial charge in [0, 0.05) is 30.9 Å². The van der Waals surface area contributed by atoms with Crippen LogP contribution in [-0.4, -0.2) is 41.0 Å². The molecule has 1 aliphatic rings. The molecule has 0 spiro atoms. The molecule has 1 aromatic carbocycles. The van der Waals surface area contributed by atoms with Gasteiger partial charge < -0.3 is 20.5 Å². The molecule has 0 saturated carbocycles. The van der Waals surface area contributed by atoms with E-state index in [1.165, 1.54) is 0 Å². The zero-order valence-corrected chi connectivity index (χ0v) is 15.0. The van der Waals surface area contributed by atoms with Crippen molar-refractivity contribution in [2.45, 2.75) is 18.9 Å². The van der Waals surface area contributed by atoms with Gasteiger partial charge in [-0.05, 0) is 31.0 Å². The third-order valence-corrected chi connectivity index (χ3v) is 4.66. The second-order valence-electron chi connectivity index (χ2n) is 6.47. The minimum absolute atomic E-state index is 0.245. The SMILES string of the molecule is COc1cc2nn(C3CCOCC3)cc2cc1NC(=O)c1cccc(N)n1. The van der Waals surface area contributed by atoms with Crippen molar-refractivity contribution in [1.29, 1.82) is 0 Å². The van der Waals surface area contributed by atoms with Crippen LogP contribution < -0.4 is 15.8 Å². The number of methoxy groups -OCH3 is 1. The van der Waals surface area contributed by atoms with Crippen molar-refractivity contribution in [3.63, 3.8) is 0 Å². The molecule has 1 fully saturated rings. The van der Waals surface area contributed by atoms with Gasteiger partial charge in [-0.3, -0.25) is 9.48 Å². The second kappa shape index (κ2) is 7.24. The van der Waals surface area contributed by atoms with Crippen LogP contribution in [0.1, 0.15) is 29.4 Å². The average Bonchev–Trinajstić information content (AvgIpc) is 3.11. The third-order valence-electron chi connectivity index (χ3n) is 4.66. The van der Waals surface area contributed by atoms with E-state index in [0.29, 0.717) is 23.3 Å². The first kappa shape index (κ1) is 17.3. The van der Waals surface area contributed by atoms with Crippen LogP contribution in [0.2, 0.25) is 0 Å². The molecule has 0 aliphatic carbocycles. The van der Waals surface area contributed by atoms with Gasteiger partial charge in [-0.2, -0.15) is 5.10 Å². The lowest BCUT2D eigenvalue weighted by molar-refractivity contribution is 0.0664. The lowest BCUT2D eigenvalue weighted by atomic mass is 10.1. The molecule has 0 unspecified atom stereocenters. The number of nitrogen functional groups attached to an aromatic ring is 1. The monoisotopic (exact) mass is 367 g/mol. The number of hydrogen-bond acceptors (Lipinski definition) is 6. The highest BCUT2D eigenvalue weighted by atomic mass is 16.5. The van der Waals surface area contributed by atoms with Gasteiger partial charge in [-0.25, -0.2) is 4.98 Å². The topological polar surface area (TPSA) is 104 Å². The second-order valence-corrected chi connectivity index (χ2v) is 6.47. The molecule has 3 heterocycles. The summed E-state index contributed by atoms with van der Waals surface area (Å²) in [5.74, 6) is 0.483. The standard InChI is InChI=1S/C19H21N5O3/c1-26-17-10-15-12(11-24(23-15)13-5-7-27-8-6-13)9-16(17)22-19(25)14-3-2-4-18(20)21-14/h2-4,9-11,13H,5-8H2,1H3,(H2,20,21)(H,22,25). The highest BCUT2D eigenvalue weighted by Crippen LogP contribution is 2.31. The number of benzene rings is 1. The Hall–Kier alpha value is -3.13. The number of nitrogens with zero attached hydrogens (tertiary/aromatic N) is 3. The fourth-order valence-electron chi connectivity index (χ4n) is 3.24. The summed E-state index contributed by atoms with van der Waals surface area (Å²) in [4.78, 5) is 16.6. The summed E-state index contributed by atoms with van der Waals surface area (Å²) in [6, 6.07) is 8.95. The molecule has 4 rings (SSSR count). The van der Waals surface area contributed by atoms with Gasteiger partial charge in [0.05, 0.1) is 24.4 Å². The van der Waals surface area contributed by atoms with Crippen molar-refractivity contribution in [2.75, 3.05) is 31.4 Å². The number of aromatic nitrogens is 3. The van der Waals surface area contributed by atoms with Crippen LogP contribution in [0.5, 0.6) is 5.75 Å². The fourth-order valence-corrected chi connectivity index (χ4v) is 3.24. The average molecular weight is 367 g/mol. The Kier molecular flexibility index (Phi) is 4.64. The number of amides is 1. The molecule has 1 amide bonds. The maximum Gasteiger partial charge on any atom is 0.274 e. The maximum absolute atomic E-state index is 12.5. The van der Waals surface area contributed by atoms with Gasteiger partial charge in [-0.15, -0.1) is 0 Å². The molecule has 0 radical (unpaired) electrons. The van der Waals surface area contributed by atoms with Crippen molar-refractivity contribution in [3.8, 4) is 5.75 Å². The Morgan fingerprint density at radius 1 is 1.33 bits per heavy atom. The first-order chi connectivity index (χ1) is 13.1. The number of hydrogen-bond donors (Lipinski definition) is 2. The number of ether oxygens (including phenoxy) is 2. The molecule has 140 valence electrons. The number of anilines is 2. The molecule has 8 heteroatoms. The van der Waals surface area contributed by atoms with Gasteiger partial charge in [0.2, 0.25) is 0 Å². The Bertz CT molecular complexity index is 979. The summed E-state index contributed by atoms with van der Waals surface area (Å²) >= 11 is 0. The highest BCUT2D eigenvalue weighted by Gasteiger charge is 2.19. The Labute approximate surface area is 156 Å². The van der Waals surface area contributed by atoms with Gasteiger partial charge in [-0.1, -0.05) is 6.07 Å². The summed E-state index contributed by atoms with van der Waals surface area (Å²) in [5, 5.41) is 8.45. The van der Waals surface area contributed by atoms with Gasteiger partial charge in [0.25, 0.3) is 5.91 Å². The summed E-state index contributed by atoms with van der Waals surface area (Å²) in [7, 11) is 1.56. The smallest absolute Gasteiger partial charge is 0.274 e. The van der Waals surface area contributed by atoms with Crippen LogP contribution in [0.25, 0.3) is 10.9 Å². The molecular formula is C19H21N5O3. The van der Waals surface area contributed by atoms with Crippen molar-refractivity contribution < 1.29 is 14.3 Å². The Morgan fingerprint density at radius 2 is 2.15 bits per heavy atom. The van der Waals surface area contributed by atoms with Crippen LogP contribution in [0, 0.1) is 0 Å². The van der Waals surface area contributed by atoms with Gasteiger partial charge in [0.15, 0.2) is 0 Å². The molecule has 27 heavy (non-hydrogen) atoms. The highest BCUT2D eigenvalue weighted by molar-refractivity contribution is 6.05.